The van der Waals surface area contributed by atoms with Crippen molar-refractivity contribution in [3.8, 4) is 0 Å². The lowest BCUT2D eigenvalue weighted by molar-refractivity contribution is -0.209. The average molecular weight is 793 g/mol. The van der Waals surface area contributed by atoms with Gasteiger partial charge in [0.05, 0.1) is 18.4 Å². The van der Waals surface area contributed by atoms with Gasteiger partial charge in [-0.1, -0.05) is 67.6 Å². The zero-order valence-corrected chi connectivity index (χ0v) is 31.7. The second kappa shape index (κ2) is 16.9. The molecule has 0 unspecified atom stereocenters. The van der Waals surface area contributed by atoms with Gasteiger partial charge in [0.2, 0.25) is 11.9 Å². The molecule has 4 N–H and O–H groups in total. The van der Waals surface area contributed by atoms with Gasteiger partial charge in [-0.3, -0.25) is 4.79 Å². The first kappa shape index (κ1) is 39.7. The number of nitrogens with zero attached hydrogens (tertiary/aromatic N) is 7. The number of carbonyl (C=O) groups is 3. The van der Waals surface area contributed by atoms with Crippen LogP contribution in [0.5, 0.6) is 0 Å². The summed E-state index contributed by atoms with van der Waals surface area (Å²) in [6.45, 7) is 5.79. The third kappa shape index (κ3) is 8.91. The SMILES string of the molecule is CCC(=O)N[C@H]1C[C@@H](n2cnc3c(NCC(c4ccccc4)c4ccccc4)nc(N4CC[C@@H](NC(=O)N5CCN(C)CC5)C4)nc32)[C@H](O)[C@@H]1OC(=O)C(F)(F)F. The number of hydrogen-bond acceptors (Lipinski definition) is 11. The van der Waals surface area contributed by atoms with Crippen LogP contribution in [0.4, 0.5) is 29.7 Å². The van der Waals surface area contributed by atoms with Crippen LogP contribution >= 0.6 is 0 Å². The number of carbonyl (C=O) groups excluding carboxylic acids is 3. The van der Waals surface area contributed by atoms with Crippen molar-refractivity contribution in [2.45, 2.75) is 68.6 Å². The Kier molecular flexibility index (Phi) is 11.8. The molecule has 2 aromatic carbocycles. The molecule has 2 saturated heterocycles. The summed E-state index contributed by atoms with van der Waals surface area (Å²) >= 11 is 0. The van der Waals surface area contributed by atoms with Crippen molar-refractivity contribution >= 4 is 40.8 Å². The largest absolute Gasteiger partial charge is 0.490 e. The highest BCUT2D eigenvalue weighted by Gasteiger charge is 2.51. The number of esters is 1. The van der Waals surface area contributed by atoms with E-state index >= 15 is 0 Å². The molecule has 5 atom stereocenters. The summed E-state index contributed by atoms with van der Waals surface area (Å²) in [6, 6.07) is 17.6. The minimum absolute atomic E-state index is 0.0242. The number of anilines is 2. The monoisotopic (exact) mass is 792 g/mol. The quantitative estimate of drug-likeness (QED) is 0.165. The molecule has 2 aliphatic heterocycles. The lowest BCUT2D eigenvalue weighted by atomic mass is 9.91. The van der Waals surface area contributed by atoms with E-state index in [1.807, 2.05) is 77.5 Å². The average Bonchev–Trinajstić information content (AvgIpc) is 3.93. The van der Waals surface area contributed by atoms with Crippen molar-refractivity contribution in [2.75, 3.05) is 63.1 Å². The van der Waals surface area contributed by atoms with Crippen LogP contribution in [0.25, 0.3) is 11.2 Å². The van der Waals surface area contributed by atoms with Crippen molar-refractivity contribution in [1.29, 1.82) is 0 Å². The van der Waals surface area contributed by atoms with E-state index in [-0.39, 0.29) is 36.5 Å². The fraction of sp³-hybridized carbons (Fsp3) is 0.487. The Labute approximate surface area is 327 Å². The van der Waals surface area contributed by atoms with Crippen molar-refractivity contribution in [3.63, 3.8) is 0 Å². The molecule has 4 heterocycles. The minimum Gasteiger partial charge on any atom is -0.451 e. The molecule has 4 aromatic rings. The van der Waals surface area contributed by atoms with Crippen molar-refractivity contribution < 1.29 is 37.4 Å². The summed E-state index contributed by atoms with van der Waals surface area (Å²) in [4.78, 5) is 58.0. The molecule has 0 bridgehead atoms. The fourth-order valence-electron chi connectivity index (χ4n) is 7.81. The smallest absolute Gasteiger partial charge is 0.451 e. The maximum atomic E-state index is 13.3. The van der Waals surface area contributed by atoms with Crippen LogP contribution in [0.1, 0.15) is 49.3 Å². The summed E-state index contributed by atoms with van der Waals surface area (Å²) in [6.07, 6.45) is -6.66. The van der Waals surface area contributed by atoms with Crippen LogP contribution in [0.15, 0.2) is 67.0 Å². The van der Waals surface area contributed by atoms with Gasteiger partial charge in [-0.2, -0.15) is 23.1 Å². The molecule has 18 heteroatoms. The van der Waals surface area contributed by atoms with E-state index in [2.05, 4.69) is 25.8 Å². The third-order valence-corrected chi connectivity index (χ3v) is 11.0. The summed E-state index contributed by atoms with van der Waals surface area (Å²) in [5, 5.41) is 20.8. The Hall–Kier alpha value is -5.49. The predicted octanol–water partition coefficient (Wildman–Crippen LogP) is 3.28. The number of amides is 3. The zero-order chi connectivity index (χ0) is 40.3. The molecular weight excluding hydrogens is 745 g/mol. The van der Waals surface area contributed by atoms with E-state index < -0.39 is 42.3 Å². The standard InChI is InChI=1S/C39H47F3N10O5/c1-3-30(53)46-28-20-29(32(54)33(28)57-36(55)39(40,41)42)52-23-44-31-34(43-21-27(24-10-6-4-7-11-24)25-12-8-5-9-13-25)47-37(48-35(31)52)51-15-14-26(22-51)45-38(56)50-18-16-49(2)17-19-50/h4-13,23,26-29,32-33,54H,3,14-22H2,1-2H3,(H,45,56)(H,46,53)(H,43,47,48)/t26-,28+,29-,32+,33-/m1/s1. The van der Waals surface area contributed by atoms with Crippen LogP contribution < -0.4 is 20.9 Å². The van der Waals surface area contributed by atoms with Gasteiger partial charge in [0.15, 0.2) is 23.1 Å². The van der Waals surface area contributed by atoms with E-state index in [9.17, 15) is 32.7 Å². The molecule has 1 aliphatic carbocycles. The normalized spacial score (nSPS) is 22.9. The number of aromatic nitrogens is 4. The number of nitrogens with one attached hydrogen (secondary N) is 3. The van der Waals surface area contributed by atoms with E-state index in [1.54, 1.807) is 6.92 Å². The number of likely N-dealkylation sites (N-methyl/N-ethyl adjacent to an activating group) is 1. The van der Waals surface area contributed by atoms with Crippen LogP contribution in [-0.4, -0.2) is 136 Å². The Balaban J connectivity index is 1.21. The zero-order valence-electron chi connectivity index (χ0n) is 31.7. The van der Waals surface area contributed by atoms with E-state index in [0.717, 1.165) is 24.2 Å². The van der Waals surface area contributed by atoms with Crippen molar-refractivity contribution in [1.82, 2.24) is 40.0 Å². The van der Waals surface area contributed by atoms with Crippen LogP contribution in [-0.2, 0) is 14.3 Å². The number of imidazole rings is 1. The Morgan fingerprint density at radius 2 is 1.61 bits per heavy atom. The van der Waals surface area contributed by atoms with E-state index in [4.69, 9.17) is 14.7 Å². The van der Waals surface area contributed by atoms with Crippen LogP contribution in [0.2, 0.25) is 0 Å². The molecule has 15 nitrogen and oxygen atoms in total. The van der Waals surface area contributed by atoms with Crippen LogP contribution in [0.3, 0.4) is 0 Å². The lowest BCUT2D eigenvalue weighted by Crippen LogP contribution is -2.53. The lowest BCUT2D eigenvalue weighted by Gasteiger charge is -2.33. The van der Waals surface area contributed by atoms with Crippen molar-refractivity contribution in [3.05, 3.63) is 78.1 Å². The number of rotatable bonds is 11. The molecule has 0 spiro atoms. The number of halogens is 3. The highest BCUT2D eigenvalue weighted by atomic mass is 19.4. The van der Waals surface area contributed by atoms with Gasteiger partial charge in [0, 0.05) is 64.2 Å². The van der Waals surface area contributed by atoms with Gasteiger partial charge >= 0.3 is 18.2 Å². The Morgan fingerprint density at radius 1 is 0.947 bits per heavy atom. The van der Waals surface area contributed by atoms with E-state index in [0.29, 0.717) is 56.4 Å². The van der Waals surface area contributed by atoms with Crippen LogP contribution in [0, 0.1) is 0 Å². The number of aliphatic hydroxyl groups is 1. The number of urea groups is 1. The number of ether oxygens (including phenoxy) is 1. The molecule has 2 aromatic heterocycles. The summed E-state index contributed by atoms with van der Waals surface area (Å²) < 4.78 is 46.4. The maximum Gasteiger partial charge on any atom is 0.490 e. The highest BCUT2D eigenvalue weighted by molar-refractivity contribution is 5.85. The molecule has 1 saturated carbocycles. The Bertz CT molecular complexity index is 1990. The van der Waals surface area contributed by atoms with Gasteiger partial charge in [-0.05, 0) is 31.0 Å². The number of alkyl halides is 3. The molecule has 7 rings (SSSR count). The first-order valence-electron chi connectivity index (χ1n) is 19.2. The molecule has 304 valence electrons. The molecular formula is C39H47F3N10O5. The summed E-state index contributed by atoms with van der Waals surface area (Å²) in [7, 11) is 2.02. The first-order valence-corrected chi connectivity index (χ1v) is 19.2. The number of piperazine rings is 1. The predicted molar refractivity (Wildman–Crippen MR) is 205 cm³/mol. The molecule has 57 heavy (non-hydrogen) atoms. The number of hydrogen-bond donors (Lipinski definition) is 4. The number of benzene rings is 2. The molecule has 0 radical (unpaired) electrons. The number of aliphatic hydroxyl groups excluding tert-OH is 1. The first-order chi connectivity index (χ1) is 27.4. The topological polar surface area (TPSA) is 170 Å². The van der Waals surface area contributed by atoms with Gasteiger partial charge < -0.3 is 45.1 Å². The van der Waals surface area contributed by atoms with Gasteiger partial charge in [0.25, 0.3) is 0 Å². The van der Waals surface area contributed by atoms with Gasteiger partial charge in [-0.15, -0.1) is 0 Å². The maximum absolute atomic E-state index is 13.3. The Morgan fingerprint density at radius 3 is 2.25 bits per heavy atom. The number of fused-ring (bicyclic) bond motifs is 1. The van der Waals surface area contributed by atoms with E-state index in [1.165, 1.54) is 10.9 Å². The van der Waals surface area contributed by atoms with Gasteiger partial charge in [0.1, 0.15) is 6.10 Å². The summed E-state index contributed by atoms with van der Waals surface area (Å²) in [5.41, 5.74) is 2.75. The molecule has 3 amide bonds. The fourth-order valence-corrected chi connectivity index (χ4v) is 7.81. The van der Waals surface area contributed by atoms with Crippen molar-refractivity contribution in [2.24, 2.45) is 0 Å². The second-order valence-corrected chi connectivity index (χ2v) is 14.8. The molecule has 3 fully saturated rings. The van der Waals surface area contributed by atoms with Gasteiger partial charge in [-0.25, -0.2) is 14.6 Å². The third-order valence-electron chi connectivity index (χ3n) is 11.0. The minimum atomic E-state index is -5.31. The summed E-state index contributed by atoms with van der Waals surface area (Å²) in [5.74, 6) is -2.33. The highest BCUT2D eigenvalue weighted by Crippen LogP contribution is 2.38. The molecule has 3 aliphatic rings. The second-order valence-electron chi connectivity index (χ2n) is 14.8.